The summed E-state index contributed by atoms with van der Waals surface area (Å²) in [6, 6.07) is 10.2. The van der Waals surface area contributed by atoms with Crippen molar-refractivity contribution in [2.75, 3.05) is 6.54 Å². The van der Waals surface area contributed by atoms with Gasteiger partial charge in [0, 0.05) is 40.4 Å². The molecule has 0 spiro atoms. The zero-order valence-electron chi connectivity index (χ0n) is 19.2. The SMILES string of the molecule is C.CCc1cc(C(=O)N2CCc3sccc3[C@H]2C)nc2cc(-c3cccc(/C=C/C(=O)O)c3F)nn12. The maximum Gasteiger partial charge on any atom is 0.328 e. The Kier molecular flexibility index (Phi) is 7.03. The van der Waals surface area contributed by atoms with Gasteiger partial charge in [0.15, 0.2) is 5.65 Å². The smallest absolute Gasteiger partial charge is 0.328 e. The lowest BCUT2D eigenvalue weighted by Crippen LogP contribution is -2.38. The van der Waals surface area contributed by atoms with Gasteiger partial charge in [-0.2, -0.15) is 5.10 Å². The molecule has 0 saturated carbocycles. The monoisotopic (exact) mass is 506 g/mol. The number of amides is 1. The van der Waals surface area contributed by atoms with Crippen molar-refractivity contribution in [2.24, 2.45) is 0 Å². The lowest BCUT2D eigenvalue weighted by atomic mass is 10.0. The summed E-state index contributed by atoms with van der Waals surface area (Å²) in [5, 5.41) is 15.5. The summed E-state index contributed by atoms with van der Waals surface area (Å²) in [6.07, 6.45) is 3.53. The Morgan fingerprint density at radius 1 is 1.28 bits per heavy atom. The molecule has 0 radical (unpaired) electrons. The van der Waals surface area contributed by atoms with E-state index in [9.17, 15) is 9.59 Å². The van der Waals surface area contributed by atoms with Gasteiger partial charge in [-0.05, 0) is 55.0 Å². The van der Waals surface area contributed by atoms with Gasteiger partial charge in [0.1, 0.15) is 11.5 Å². The molecule has 0 fully saturated rings. The molecule has 0 bridgehead atoms. The first-order valence-electron chi connectivity index (χ1n) is 11.3. The highest BCUT2D eigenvalue weighted by Gasteiger charge is 2.30. The number of carboxylic acid groups (broad SMARTS) is 1. The van der Waals surface area contributed by atoms with Crippen molar-refractivity contribution < 1.29 is 19.1 Å². The second kappa shape index (κ2) is 10.0. The van der Waals surface area contributed by atoms with Crippen molar-refractivity contribution in [1.82, 2.24) is 19.5 Å². The quantitative estimate of drug-likeness (QED) is 0.353. The Hall–Kier alpha value is -3.85. The van der Waals surface area contributed by atoms with Gasteiger partial charge in [-0.25, -0.2) is 18.7 Å². The first kappa shape index (κ1) is 25.2. The molecule has 7 nitrogen and oxygen atoms in total. The van der Waals surface area contributed by atoms with Gasteiger partial charge in [-0.15, -0.1) is 11.3 Å². The molecule has 1 atom stereocenters. The van der Waals surface area contributed by atoms with Gasteiger partial charge >= 0.3 is 5.97 Å². The molecule has 36 heavy (non-hydrogen) atoms. The maximum atomic E-state index is 15.1. The molecule has 1 aromatic carbocycles. The molecule has 0 saturated heterocycles. The van der Waals surface area contributed by atoms with Crippen molar-refractivity contribution in [3.05, 3.63) is 81.1 Å². The van der Waals surface area contributed by atoms with Crippen LogP contribution in [0.3, 0.4) is 0 Å². The van der Waals surface area contributed by atoms with E-state index in [0.717, 1.165) is 18.2 Å². The molecule has 1 aliphatic rings. The molecule has 0 unspecified atom stereocenters. The van der Waals surface area contributed by atoms with Crippen LogP contribution in [0.4, 0.5) is 4.39 Å². The fraction of sp³-hybridized carbons (Fsp3) is 0.259. The number of benzene rings is 1. The fourth-order valence-electron chi connectivity index (χ4n) is 4.50. The van der Waals surface area contributed by atoms with Crippen molar-refractivity contribution >= 4 is 34.9 Å². The standard InChI is InChI=1S/C26H23FN4O3S.CH4/c1-3-17-13-21(26(34)30-11-9-22-18(15(30)2)10-12-35-22)28-23-14-20(29-31(17)23)19-6-4-5-16(25(19)27)7-8-24(32)33;/h4-8,10,12-15H,3,9,11H2,1-2H3,(H,32,33);1H4/b8-7+;/t15-;/m1./s1. The van der Waals surface area contributed by atoms with Gasteiger partial charge < -0.3 is 10.0 Å². The van der Waals surface area contributed by atoms with Crippen molar-refractivity contribution in [3.63, 3.8) is 0 Å². The second-order valence-corrected chi connectivity index (χ2v) is 9.39. The number of thiophene rings is 1. The average molecular weight is 507 g/mol. The van der Waals surface area contributed by atoms with E-state index in [4.69, 9.17) is 5.11 Å². The largest absolute Gasteiger partial charge is 0.478 e. The second-order valence-electron chi connectivity index (χ2n) is 8.39. The summed E-state index contributed by atoms with van der Waals surface area (Å²) >= 11 is 1.72. The number of aromatic nitrogens is 3. The first-order valence-corrected chi connectivity index (χ1v) is 12.2. The first-order chi connectivity index (χ1) is 16.9. The van der Waals surface area contributed by atoms with Crippen molar-refractivity contribution in [1.29, 1.82) is 0 Å². The number of nitrogens with zero attached hydrogens (tertiary/aromatic N) is 4. The minimum Gasteiger partial charge on any atom is -0.478 e. The minimum absolute atomic E-state index is 0. The van der Waals surface area contributed by atoms with Crippen LogP contribution in [0.25, 0.3) is 23.0 Å². The van der Waals surface area contributed by atoms with E-state index in [1.165, 1.54) is 22.6 Å². The number of aryl methyl sites for hydroxylation is 1. The molecule has 4 heterocycles. The molecule has 9 heteroatoms. The zero-order valence-corrected chi connectivity index (χ0v) is 20.1. The molecule has 1 amide bonds. The number of fused-ring (bicyclic) bond motifs is 2. The lowest BCUT2D eigenvalue weighted by molar-refractivity contribution is -0.131. The maximum absolute atomic E-state index is 15.1. The van der Waals surface area contributed by atoms with Crippen molar-refractivity contribution in [2.45, 2.75) is 40.2 Å². The number of aliphatic carboxylic acids is 1. The normalized spacial score (nSPS) is 15.2. The van der Waals surface area contributed by atoms with E-state index in [1.54, 1.807) is 40.1 Å². The molecular weight excluding hydrogens is 479 g/mol. The van der Waals surface area contributed by atoms with Crippen LogP contribution in [0.1, 0.15) is 59.5 Å². The third-order valence-corrected chi connectivity index (χ3v) is 7.33. The Morgan fingerprint density at radius 3 is 2.83 bits per heavy atom. The Labute approximate surface area is 212 Å². The van der Waals surface area contributed by atoms with E-state index in [0.29, 0.717) is 30.0 Å². The number of hydrogen-bond acceptors (Lipinski definition) is 5. The topological polar surface area (TPSA) is 87.8 Å². The minimum atomic E-state index is -1.16. The van der Waals surface area contributed by atoms with Gasteiger partial charge in [-0.1, -0.05) is 26.5 Å². The number of rotatable bonds is 5. The van der Waals surface area contributed by atoms with Gasteiger partial charge in [-0.3, -0.25) is 4.79 Å². The molecule has 5 rings (SSSR count). The molecule has 4 aromatic rings. The Balaban J connectivity index is 0.00000304. The predicted octanol–water partition coefficient (Wildman–Crippen LogP) is 5.65. The highest BCUT2D eigenvalue weighted by molar-refractivity contribution is 7.10. The summed E-state index contributed by atoms with van der Waals surface area (Å²) in [6.45, 7) is 4.63. The van der Waals surface area contributed by atoms with Crippen LogP contribution in [-0.2, 0) is 17.6 Å². The summed E-state index contributed by atoms with van der Waals surface area (Å²) in [4.78, 5) is 32.1. The molecule has 0 aliphatic carbocycles. The van der Waals surface area contributed by atoms with Crippen molar-refractivity contribution in [3.8, 4) is 11.3 Å². The highest BCUT2D eigenvalue weighted by Crippen LogP contribution is 2.34. The van der Waals surface area contributed by atoms with E-state index < -0.39 is 11.8 Å². The summed E-state index contributed by atoms with van der Waals surface area (Å²) < 4.78 is 16.8. The van der Waals surface area contributed by atoms with E-state index in [-0.39, 0.29) is 30.5 Å². The van der Waals surface area contributed by atoms with E-state index >= 15 is 4.39 Å². The Morgan fingerprint density at radius 2 is 2.08 bits per heavy atom. The van der Waals surface area contributed by atoms with Gasteiger partial charge in [0.05, 0.1) is 11.7 Å². The number of halogens is 1. The number of carbonyl (C=O) groups is 2. The Bertz CT molecular complexity index is 1490. The van der Waals surface area contributed by atoms with Gasteiger partial charge in [0.25, 0.3) is 5.91 Å². The van der Waals surface area contributed by atoms with Crippen LogP contribution < -0.4 is 0 Å². The van der Waals surface area contributed by atoms with E-state index in [1.807, 2.05) is 18.7 Å². The van der Waals surface area contributed by atoms with Crippen LogP contribution >= 0.6 is 11.3 Å². The van der Waals surface area contributed by atoms with Crippen LogP contribution in [0.2, 0.25) is 0 Å². The third kappa shape index (κ3) is 4.42. The third-order valence-electron chi connectivity index (χ3n) is 6.33. The summed E-state index contributed by atoms with van der Waals surface area (Å²) in [7, 11) is 0. The highest BCUT2D eigenvalue weighted by atomic mass is 32.1. The molecule has 186 valence electrons. The average Bonchev–Trinajstić information content (AvgIpc) is 3.50. The van der Waals surface area contributed by atoms with Crippen LogP contribution in [0.5, 0.6) is 0 Å². The lowest BCUT2D eigenvalue weighted by Gasteiger charge is -2.33. The van der Waals surface area contributed by atoms with Crippen LogP contribution in [0, 0.1) is 5.82 Å². The molecule has 1 aliphatic heterocycles. The number of carboxylic acids is 1. The molecular formula is C27H27FN4O3S. The zero-order chi connectivity index (χ0) is 24.7. The summed E-state index contributed by atoms with van der Waals surface area (Å²) in [5.74, 6) is -1.87. The van der Waals surface area contributed by atoms with E-state index in [2.05, 4.69) is 21.5 Å². The molecule has 3 aromatic heterocycles. The number of carbonyl (C=O) groups excluding carboxylic acids is 1. The number of hydrogen-bond donors (Lipinski definition) is 1. The molecule has 1 N–H and O–H groups in total. The van der Waals surface area contributed by atoms with Crippen LogP contribution in [-0.4, -0.2) is 43.0 Å². The predicted molar refractivity (Wildman–Crippen MR) is 139 cm³/mol. The fourth-order valence-corrected chi connectivity index (χ4v) is 5.46. The van der Waals surface area contributed by atoms with Crippen LogP contribution in [0.15, 0.2) is 47.9 Å². The van der Waals surface area contributed by atoms with Gasteiger partial charge in [0.2, 0.25) is 0 Å². The summed E-state index contributed by atoms with van der Waals surface area (Å²) in [5.41, 5.74) is 3.49.